The Morgan fingerprint density at radius 3 is 2.65 bits per heavy atom. The minimum atomic E-state index is -0.0989. The molecule has 7 heteroatoms. The van der Waals surface area contributed by atoms with Crippen molar-refractivity contribution in [2.24, 2.45) is 5.92 Å². The topological polar surface area (TPSA) is 73.9 Å². The first-order chi connectivity index (χ1) is 16.3. The molecule has 0 aromatic heterocycles. The highest BCUT2D eigenvalue weighted by atomic mass is 16.5. The zero-order valence-corrected chi connectivity index (χ0v) is 20.9. The van der Waals surface area contributed by atoms with E-state index in [1.807, 2.05) is 50.2 Å². The van der Waals surface area contributed by atoms with Crippen LogP contribution in [0.3, 0.4) is 0 Å². The molecule has 182 valence electrons. The van der Waals surface area contributed by atoms with E-state index in [1.165, 1.54) is 0 Å². The highest BCUT2D eigenvalue weighted by Crippen LogP contribution is 2.37. The van der Waals surface area contributed by atoms with Gasteiger partial charge in [0.05, 0.1) is 7.11 Å². The van der Waals surface area contributed by atoms with E-state index >= 15 is 0 Å². The van der Waals surface area contributed by atoms with Crippen LogP contribution in [0.4, 0.5) is 11.4 Å². The van der Waals surface area contributed by atoms with Crippen molar-refractivity contribution in [2.75, 3.05) is 44.9 Å². The lowest BCUT2D eigenvalue weighted by Gasteiger charge is -2.24. The van der Waals surface area contributed by atoms with Gasteiger partial charge in [-0.05, 0) is 82.1 Å². The molecule has 34 heavy (non-hydrogen) atoms. The first kappa shape index (κ1) is 24.1. The number of nitrogens with zero attached hydrogens (tertiary/aromatic N) is 2. The summed E-state index contributed by atoms with van der Waals surface area (Å²) in [5.74, 6) is 0.761. The summed E-state index contributed by atoms with van der Waals surface area (Å²) in [4.78, 5) is 30.4. The summed E-state index contributed by atoms with van der Waals surface area (Å²) in [5.41, 5.74) is 5.81. The van der Waals surface area contributed by atoms with Gasteiger partial charge in [0.1, 0.15) is 5.75 Å². The quantitative estimate of drug-likeness (QED) is 0.617. The van der Waals surface area contributed by atoms with Gasteiger partial charge in [-0.15, -0.1) is 0 Å². The average molecular weight is 465 g/mol. The van der Waals surface area contributed by atoms with Crippen molar-refractivity contribution in [1.82, 2.24) is 9.80 Å². The normalized spacial score (nSPS) is 19.5. The van der Waals surface area contributed by atoms with Crippen LogP contribution in [0.2, 0.25) is 0 Å². The lowest BCUT2D eigenvalue weighted by molar-refractivity contribution is -0.119. The van der Waals surface area contributed by atoms with Crippen LogP contribution in [0.15, 0.2) is 30.3 Å². The van der Waals surface area contributed by atoms with Gasteiger partial charge >= 0.3 is 0 Å². The fourth-order valence-corrected chi connectivity index (χ4v) is 5.06. The van der Waals surface area contributed by atoms with Gasteiger partial charge in [0.25, 0.3) is 5.91 Å². The fourth-order valence-electron chi connectivity index (χ4n) is 5.06. The molecule has 2 aromatic carbocycles. The molecule has 2 atom stereocenters. The summed E-state index contributed by atoms with van der Waals surface area (Å²) in [6.45, 7) is 6.44. The second-order valence-corrected chi connectivity index (χ2v) is 9.82. The van der Waals surface area contributed by atoms with Crippen LogP contribution in [0.5, 0.6) is 5.75 Å². The number of rotatable bonds is 8. The smallest absolute Gasteiger partial charge is 0.254 e. The molecule has 2 N–H and O–H groups in total. The molecule has 1 fully saturated rings. The van der Waals surface area contributed by atoms with Crippen molar-refractivity contribution < 1.29 is 14.3 Å². The summed E-state index contributed by atoms with van der Waals surface area (Å²) >= 11 is 0. The SMILES string of the molecule is COc1cc(NC(=O)[C@@H]2CCC(N3Cc4c(C)cc(NCCN(C)C)cc4C3=O)C2)ccc1C. The molecule has 2 amide bonds. The maximum Gasteiger partial charge on any atom is 0.254 e. The van der Waals surface area contributed by atoms with E-state index in [0.29, 0.717) is 13.0 Å². The molecule has 1 unspecified atom stereocenters. The summed E-state index contributed by atoms with van der Waals surface area (Å²) in [6.07, 6.45) is 2.33. The third kappa shape index (κ3) is 5.04. The summed E-state index contributed by atoms with van der Waals surface area (Å²) in [5, 5.41) is 6.47. The van der Waals surface area contributed by atoms with Crippen molar-refractivity contribution in [3.63, 3.8) is 0 Å². The molecular formula is C27H36N4O3. The lowest BCUT2D eigenvalue weighted by Crippen LogP contribution is -2.34. The Bertz CT molecular complexity index is 1080. The van der Waals surface area contributed by atoms with Gasteiger partial charge in [0.15, 0.2) is 0 Å². The van der Waals surface area contributed by atoms with E-state index in [-0.39, 0.29) is 23.8 Å². The molecule has 1 aliphatic carbocycles. The number of benzene rings is 2. The van der Waals surface area contributed by atoms with Crippen molar-refractivity contribution >= 4 is 23.2 Å². The van der Waals surface area contributed by atoms with Crippen LogP contribution in [-0.4, -0.2) is 62.0 Å². The molecule has 0 bridgehead atoms. The maximum absolute atomic E-state index is 13.3. The molecule has 0 radical (unpaired) electrons. The average Bonchev–Trinajstić information content (AvgIpc) is 3.40. The van der Waals surface area contributed by atoms with Crippen LogP contribution in [-0.2, 0) is 11.3 Å². The Hall–Kier alpha value is -3.06. The molecule has 0 spiro atoms. The highest BCUT2D eigenvalue weighted by Gasteiger charge is 2.39. The minimum absolute atomic E-state index is 0.0149. The zero-order chi connectivity index (χ0) is 24.4. The number of hydrogen-bond donors (Lipinski definition) is 2. The Balaban J connectivity index is 1.39. The highest BCUT2D eigenvalue weighted by molar-refractivity contribution is 6.00. The molecule has 0 saturated heterocycles. The second-order valence-electron chi connectivity index (χ2n) is 9.82. The molecule has 1 heterocycles. The van der Waals surface area contributed by atoms with Crippen LogP contribution in [0, 0.1) is 19.8 Å². The van der Waals surface area contributed by atoms with Gasteiger partial charge in [-0.2, -0.15) is 0 Å². The molecule has 2 aromatic rings. The van der Waals surface area contributed by atoms with Gasteiger partial charge in [-0.3, -0.25) is 9.59 Å². The number of fused-ring (bicyclic) bond motifs is 1. The molecule has 1 saturated carbocycles. The summed E-state index contributed by atoms with van der Waals surface area (Å²) < 4.78 is 5.37. The number of likely N-dealkylation sites (N-methyl/N-ethyl adjacent to an activating group) is 1. The van der Waals surface area contributed by atoms with E-state index in [9.17, 15) is 9.59 Å². The van der Waals surface area contributed by atoms with Crippen molar-refractivity contribution in [3.05, 3.63) is 52.6 Å². The summed E-state index contributed by atoms with van der Waals surface area (Å²) in [6, 6.07) is 9.91. The maximum atomic E-state index is 13.3. The van der Waals surface area contributed by atoms with E-state index in [2.05, 4.69) is 28.5 Å². The number of carbonyl (C=O) groups excluding carboxylic acids is 2. The molecule has 1 aliphatic heterocycles. The minimum Gasteiger partial charge on any atom is -0.496 e. The number of nitrogens with one attached hydrogen (secondary N) is 2. The number of methoxy groups -OCH3 is 1. The van der Waals surface area contributed by atoms with Gasteiger partial charge in [-0.1, -0.05) is 6.07 Å². The monoisotopic (exact) mass is 464 g/mol. The van der Waals surface area contributed by atoms with Crippen molar-refractivity contribution in [2.45, 2.75) is 45.7 Å². The number of hydrogen-bond acceptors (Lipinski definition) is 5. The number of amides is 2. The molecular weight excluding hydrogens is 428 g/mol. The third-order valence-electron chi connectivity index (χ3n) is 7.07. The number of ether oxygens (including phenoxy) is 1. The number of anilines is 2. The Labute approximate surface area is 202 Å². The first-order valence-electron chi connectivity index (χ1n) is 12.1. The Morgan fingerprint density at radius 2 is 1.91 bits per heavy atom. The van der Waals surface area contributed by atoms with Gasteiger partial charge in [0.2, 0.25) is 5.91 Å². The second kappa shape index (κ2) is 10.1. The van der Waals surface area contributed by atoms with Crippen molar-refractivity contribution in [3.8, 4) is 5.75 Å². The molecule has 4 rings (SSSR count). The predicted molar refractivity (Wildman–Crippen MR) is 136 cm³/mol. The van der Waals surface area contributed by atoms with E-state index in [1.54, 1.807) is 7.11 Å². The van der Waals surface area contributed by atoms with Crippen LogP contribution in [0.25, 0.3) is 0 Å². The van der Waals surface area contributed by atoms with Crippen LogP contribution < -0.4 is 15.4 Å². The largest absolute Gasteiger partial charge is 0.496 e. The van der Waals surface area contributed by atoms with Gasteiger partial charge < -0.3 is 25.2 Å². The lowest BCUT2D eigenvalue weighted by atomic mass is 10.0. The van der Waals surface area contributed by atoms with Crippen molar-refractivity contribution in [1.29, 1.82) is 0 Å². The Kier molecular flexibility index (Phi) is 7.12. The van der Waals surface area contributed by atoms with Crippen LogP contribution in [0.1, 0.15) is 46.3 Å². The molecule has 7 nitrogen and oxygen atoms in total. The van der Waals surface area contributed by atoms with Crippen LogP contribution >= 0.6 is 0 Å². The van der Waals surface area contributed by atoms with Gasteiger partial charge in [0, 0.05) is 54.6 Å². The zero-order valence-electron chi connectivity index (χ0n) is 20.9. The predicted octanol–water partition coefficient (Wildman–Crippen LogP) is 4.05. The van der Waals surface area contributed by atoms with E-state index in [4.69, 9.17) is 4.74 Å². The van der Waals surface area contributed by atoms with E-state index in [0.717, 1.165) is 65.3 Å². The first-order valence-corrected chi connectivity index (χ1v) is 12.1. The third-order valence-corrected chi connectivity index (χ3v) is 7.07. The van der Waals surface area contributed by atoms with E-state index < -0.39 is 0 Å². The Morgan fingerprint density at radius 1 is 1.12 bits per heavy atom. The number of carbonyl (C=O) groups is 2. The van der Waals surface area contributed by atoms with Gasteiger partial charge in [-0.25, -0.2) is 0 Å². The molecule has 2 aliphatic rings. The fraction of sp³-hybridized carbons (Fsp3) is 0.481. The number of aryl methyl sites for hydroxylation is 2. The standard InChI is InChI=1S/C27H36N4O3/c1-17-6-8-20(15-25(17)34-5)29-26(32)19-7-9-22(13-19)31-16-24-18(2)12-21(14-23(24)27(31)33)28-10-11-30(3)4/h6,8,12,14-15,19,22,28H,7,9-11,13,16H2,1-5H3,(H,29,32)/t19-,22?/m1/s1. The summed E-state index contributed by atoms with van der Waals surface area (Å²) in [7, 11) is 5.72.